The van der Waals surface area contributed by atoms with Gasteiger partial charge in [-0.05, 0) is 50.1 Å². The van der Waals surface area contributed by atoms with E-state index in [0.29, 0.717) is 30.8 Å². The Morgan fingerprint density at radius 1 is 1.06 bits per heavy atom. The second-order valence-corrected chi connectivity index (χ2v) is 8.25. The Labute approximate surface area is 192 Å². The fraction of sp³-hybridized carbons (Fsp3) is 0.269. The number of hydrogen-bond donors (Lipinski definition) is 1. The fourth-order valence-electron chi connectivity index (χ4n) is 4.05. The predicted octanol–water partition coefficient (Wildman–Crippen LogP) is 4.18. The van der Waals surface area contributed by atoms with E-state index in [9.17, 15) is 14.7 Å². The first-order valence-corrected chi connectivity index (χ1v) is 11.0. The van der Waals surface area contributed by atoms with Crippen molar-refractivity contribution in [3.8, 4) is 5.75 Å². The van der Waals surface area contributed by atoms with Gasteiger partial charge in [-0.15, -0.1) is 0 Å². The molecule has 170 valence electrons. The van der Waals surface area contributed by atoms with Gasteiger partial charge in [0.2, 0.25) is 0 Å². The van der Waals surface area contributed by atoms with Crippen molar-refractivity contribution in [1.29, 1.82) is 0 Å². The topological polar surface area (TPSA) is 84.7 Å². The molecule has 1 fully saturated rings. The van der Waals surface area contributed by atoms with Crippen LogP contribution in [-0.4, -0.2) is 43.9 Å². The van der Waals surface area contributed by atoms with Crippen molar-refractivity contribution in [1.82, 2.24) is 14.5 Å². The highest BCUT2D eigenvalue weighted by Gasteiger charge is 2.45. The van der Waals surface area contributed by atoms with Gasteiger partial charge >= 0.3 is 0 Å². The Morgan fingerprint density at radius 2 is 1.79 bits per heavy atom. The number of carbonyl (C=O) groups is 2. The van der Waals surface area contributed by atoms with Gasteiger partial charge in [0.1, 0.15) is 11.5 Å². The normalized spacial score (nSPS) is 17.7. The smallest absolute Gasteiger partial charge is 0.295 e. The SMILES string of the molecule is CC(C)Oc1ccc(C(O)=C2C(=O)C(=O)N(CCCn3ccnc3)[C@@H]2c2ccccc2)cc1. The molecule has 0 saturated carbocycles. The highest BCUT2D eigenvalue weighted by Crippen LogP contribution is 2.39. The first-order chi connectivity index (χ1) is 16.0. The molecule has 3 aromatic rings. The second-order valence-electron chi connectivity index (χ2n) is 8.25. The summed E-state index contributed by atoms with van der Waals surface area (Å²) in [6, 6.07) is 15.6. The third-order valence-electron chi connectivity index (χ3n) is 5.53. The Bertz CT molecular complexity index is 1140. The standard InChI is InChI=1S/C26H27N3O4/c1-18(2)33-21-11-9-20(10-12-21)24(30)22-23(19-7-4-3-5-8-19)29(26(32)25(22)31)15-6-14-28-16-13-27-17-28/h3-5,7-13,16-18,23,30H,6,14-15H2,1-2H3/t23-/m1/s1. The predicted molar refractivity (Wildman–Crippen MR) is 125 cm³/mol. The summed E-state index contributed by atoms with van der Waals surface area (Å²) >= 11 is 0. The van der Waals surface area contributed by atoms with Gasteiger partial charge in [-0.1, -0.05) is 30.3 Å². The average molecular weight is 446 g/mol. The van der Waals surface area contributed by atoms with Crippen molar-refractivity contribution in [2.24, 2.45) is 0 Å². The number of imidazole rings is 1. The van der Waals surface area contributed by atoms with Crippen molar-refractivity contribution >= 4 is 17.4 Å². The first-order valence-electron chi connectivity index (χ1n) is 11.0. The van der Waals surface area contributed by atoms with E-state index < -0.39 is 17.7 Å². The molecule has 0 unspecified atom stereocenters. The molecule has 0 aliphatic carbocycles. The van der Waals surface area contributed by atoms with Crippen LogP contribution in [0.3, 0.4) is 0 Å². The van der Waals surface area contributed by atoms with Crippen molar-refractivity contribution in [3.63, 3.8) is 0 Å². The molecule has 2 heterocycles. The largest absolute Gasteiger partial charge is 0.507 e. The van der Waals surface area contributed by atoms with Crippen LogP contribution < -0.4 is 4.74 Å². The summed E-state index contributed by atoms with van der Waals surface area (Å²) in [6.45, 7) is 4.91. The molecule has 7 nitrogen and oxygen atoms in total. The van der Waals surface area contributed by atoms with Crippen LogP contribution in [0.25, 0.3) is 5.76 Å². The van der Waals surface area contributed by atoms with Crippen LogP contribution in [0.2, 0.25) is 0 Å². The summed E-state index contributed by atoms with van der Waals surface area (Å²) in [6.07, 6.45) is 5.95. The van der Waals surface area contributed by atoms with Crippen molar-refractivity contribution in [2.45, 2.75) is 39.0 Å². The lowest BCUT2D eigenvalue weighted by Gasteiger charge is -2.25. The van der Waals surface area contributed by atoms with Crippen LogP contribution in [0.4, 0.5) is 0 Å². The molecule has 1 aliphatic heterocycles. The summed E-state index contributed by atoms with van der Waals surface area (Å²) in [4.78, 5) is 31.6. The Kier molecular flexibility index (Phi) is 6.58. The van der Waals surface area contributed by atoms with E-state index in [1.807, 2.05) is 54.9 Å². The third-order valence-corrected chi connectivity index (χ3v) is 5.53. The number of amides is 1. The summed E-state index contributed by atoms with van der Waals surface area (Å²) in [5.41, 5.74) is 1.34. The number of aliphatic hydroxyl groups excluding tert-OH is 1. The second kappa shape index (κ2) is 9.73. The Hall–Kier alpha value is -3.87. The molecular weight excluding hydrogens is 418 g/mol. The lowest BCUT2D eigenvalue weighted by Crippen LogP contribution is -2.31. The minimum atomic E-state index is -0.675. The van der Waals surface area contributed by atoms with Gasteiger partial charge in [0, 0.05) is 31.0 Å². The maximum Gasteiger partial charge on any atom is 0.295 e. The number of carbonyl (C=O) groups excluding carboxylic acids is 2. The number of nitrogens with zero attached hydrogens (tertiary/aromatic N) is 3. The minimum Gasteiger partial charge on any atom is -0.507 e. The number of Topliss-reactive ketones (excluding diaryl/α,β-unsaturated/α-hetero) is 1. The lowest BCUT2D eigenvalue weighted by atomic mass is 9.95. The van der Waals surface area contributed by atoms with E-state index in [4.69, 9.17) is 4.74 Å². The zero-order valence-electron chi connectivity index (χ0n) is 18.7. The van der Waals surface area contributed by atoms with Crippen LogP contribution in [0, 0.1) is 0 Å². The van der Waals surface area contributed by atoms with Gasteiger partial charge in [-0.3, -0.25) is 9.59 Å². The number of ether oxygens (including phenoxy) is 1. The highest BCUT2D eigenvalue weighted by atomic mass is 16.5. The number of benzene rings is 2. The molecule has 4 rings (SSSR count). The van der Waals surface area contributed by atoms with Crippen LogP contribution >= 0.6 is 0 Å². The molecule has 1 N–H and O–H groups in total. The van der Waals surface area contributed by atoms with E-state index in [1.165, 1.54) is 0 Å². The van der Waals surface area contributed by atoms with Gasteiger partial charge in [0.25, 0.3) is 11.7 Å². The zero-order valence-corrected chi connectivity index (χ0v) is 18.7. The van der Waals surface area contributed by atoms with E-state index in [2.05, 4.69) is 4.98 Å². The highest BCUT2D eigenvalue weighted by molar-refractivity contribution is 6.46. The van der Waals surface area contributed by atoms with Gasteiger partial charge < -0.3 is 19.3 Å². The summed E-state index contributed by atoms with van der Waals surface area (Å²) in [5.74, 6) is -0.793. The molecule has 1 saturated heterocycles. The molecular formula is C26H27N3O4. The number of aliphatic hydroxyl groups is 1. The number of aromatic nitrogens is 2. The van der Waals surface area contributed by atoms with Gasteiger partial charge in [0.15, 0.2) is 0 Å². The quantitative estimate of drug-likeness (QED) is 0.319. The number of aryl methyl sites for hydroxylation is 1. The maximum absolute atomic E-state index is 13.1. The minimum absolute atomic E-state index is 0.0233. The number of likely N-dealkylation sites (tertiary alicyclic amines) is 1. The zero-order chi connectivity index (χ0) is 23.4. The van der Waals surface area contributed by atoms with Crippen molar-refractivity contribution in [2.75, 3.05) is 6.54 Å². The number of hydrogen-bond acceptors (Lipinski definition) is 5. The maximum atomic E-state index is 13.1. The molecule has 7 heteroatoms. The number of rotatable bonds is 8. The van der Waals surface area contributed by atoms with Crippen molar-refractivity contribution < 1.29 is 19.4 Å². The van der Waals surface area contributed by atoms with E-state index in [1.54, 1.807) is 41.7 Å². The Balaban J connectivity index is 1.67. The van der Waals surface area contributed by atoms with Crippen molar-refractivity contribution in [3.05, 3.63) is 90.0 Å². The molecule has 0 radical (unpaired) electrons. The van der Waals surface area contributed by atoms with Crippen LogP contribution in [0.5, 0.6) is 5.75 Å². The van der Waals surface area contributed by atoms with Gasteiger partial charge in [-0.25, -0.2) is 4.98 Å². The lowest BCUT2D eigenvalue weighted by molar-refractivity contribution is -0.139. The monoisotopic (exact) mass is 445 g/mol. The molecule has 33 heavy (non-hydrogen) atoms. The van der Waals surface area contributed by atoms with E-state index in [-0.39, 0.29) is 17.4 Å². The fourth-order valence-corrected chi connectivity index (χ4v) is 4.05. The van der Waals surface area contributed by atoms with Crippen LogP contribution in [0.1, 0.15) is 37.4 Å². The van der Waals surface area contributed by atoms with Gasteiger partial charge in [-0.2, -0.15) is 0 Å². The van der Waals surface area contributed by atoms with E-state index >= 15 is 0 Å². The molecule has 1 amide bonds. The van der Waals surface area contributed by atoms with Gasteiger partial charge in [0.05, 0.1) is 24.0 Å². The molecule has 1 aliphatic rings. The van der Waals surface area contributed by atoms with E-state index in [0.717, 1.165) is 5.56 Å². The summed E-state index contributed by atoms with van der Waals surface area (Å²) < 4.78 is 7.59. The molecule has 2 aromatic carbocycles. The molecule has 1 aromatic heterocycles. The average Bonchev–Trinajstić information content (AvgIpc) is 3.41. The van der Waals surface area contributed by atoms with Crippen LogP contribution in [-0.2, 0) is 16.1 Å². The Morgan fingerprint density at radius 3 is 2.42 bits per heavy atom. The summed E-state index contributed by atoms with van der Waals surface area (Å²) in [7, 11) is 0. The molecule has 0 spiro atoms. The third kappa shape index (κ3) is 4.82. The first kappa shape index (κ1) is 22.3. The molecule has 1 atom stereocenters. The molecule has 0 bridgehead atoms. The summed E-state index contributed by atoms with van der Waals surface area (Å²) in [5, 5.41) is 11.1. The number of ketones is 1. The van der Waals surface area contributed by atoms with Crippen LogP contribution in [0.15, 0.2) is 78.9 Å².